The summed E-state index contributed by atoms with van der Waals surface area (Å²) in [5.41, 5.74) is 7.00. The van der Waals surface area contributed by atoms with Crippen molar-refractivity contribution in [2.45, 2.75) is 58.1 Å². The summed E-state index contributed by atoms with van der Waals surface area (Å²) < 4.78 is 6.16. The number of halogens is 1. The number of hydrogen-bond donors (Lipinski definition) is 1. The van der Waals surface area contributed by atoms with Gasteiger partial charge in [-0.3, -0.25) is 0 Å². The molecule has 1 saturated carbocycles. The Hall–Kier alpha value is -0.730. The molecule has 0 aliphatic heterocycles. The van der Waals surface area contributed by atoms with Crippen LogP contribution in [0.4, 0.5) is 0 Å². The van der Waals surface area contributed by atoms with Gasteiger partial charge < -0.3 is 10.5 Å². The van der Waals surface area contributed by atoms with Crippen molar-refractivity contribution in [3.63, 3.8) is 0 Å². The average Bonchev–Trinajstić information content (AvgIpc) is 2.41. The van der Waals surface area contributed by atoms with E-state index in [9.17, 15) is 0 Å². The van der Waals surface area contributed by atoms with Gasteiger partial charge in [0.2, 0.25) is 0 Å². The molecule has 0 amide bonds. The first-order valence-corrected chi connectivity index (χ1v) is 7.69. The third-order valence-corrected chi connectivity index (χ3v) is 4.36. The monoisotopic (exact) mass is 281 g/mol. The summed E-state index contributed by atoms with van der Waals surface area (Å²) >= 11 is 6.03. The number of benzene rings is 1. The predicted molar refractivity (Wildman–Crippen MR) is 80.7 cm³/mol. The van der Waals surface area contributed by atoms with Crippen LogP contribution in [0.5, 0.6) is 5.75 Å². The van der Waals surface area contributed by atoms with Gasteiger partial charge in [0.15, 0.2) is 0 Å². The number of hydrogen-bond acceptors (Lipinski definition) is 2. The maximum atomic E-state index is 6.16. The first-order valence-electron chi connectivity index (χ1n) is 7.31. The molecule has 3 heteroatoms. The molecule has 0 saturated heterocycles. The lowest BCUT2D eigenvalue weighted by atomic mass is 9.86. The largest absolute Gasteiger partial charge is 0.490 e. The van der Waals surface area contributed by atoms with E-state index in [1.807, 2.05) is 25.1 Å². The van der Waals surface area contributed by atoms with Gasteiger partial charge in [-0.25, -0.2) is 0 Å². The highest BCUT2D eigenvalue weighted by Gasteiger charge is 2.22. The third kappa shape index (κ3) is 3.87. The normalized spacial score (nSPS) is 25.1. The minimum Gasteiger partial charge on any atom is -0.490 e. The molecule has 0 bridgehead atoms. The van der Waals surface area contributed by atoms with Crippen LogP contribution in [0.2, 0.25) is 5.02 Å². The van der Waals surface area contributed by atoms with E-state index in [1.54, 1.807) is 0 Å². The number of ether oxygens (including phenoxy) is 1. The Kier molecular flexibility index (Phi) is 5.12. The van der Waals surface area contributed by atoms with Crippen molar-refractivity contribution in [1.82, 2.24) is 0 Å². The van der Waals surface area contributed by atoms with Gasteiger partial charge in [0, 0.05) is 16.6 Å². The maximum Gasteiger partial charge on any atom is 0.124 e. The molecular weight excluding hydrogens is 258 g/mol. The zero-order valence-electron chi connectivity index (χ0n) is 11.9. The molecule has 0 unspecified atom stereocenters. The van der Waals surface area contributed by atoms with E-state index in [-0.39, 0.29) is 6.04 Å². The number of rotatable bonds is 4. The SMILES string of the molecule is CCC1CCC(Oc2ccc(Cl)cc2[C@@H](C)N)CC1. The average molecular weight is 282 g/mol. The Morgan fingerprint density at radius 1 is 1.32 bits per heavy atom. The second-order valence-electron chi connectivity index (χ2n) is 5.64. The molecular formula is C16H24ClNO. The van der Waals surface area contributed by atoms with E-state index in [1.165, 1.54) is 19.3 Å². The van der Waals surface area contributed by atoms with Crippen LogP contribution < -0.4 is 10.5 Å². The lowest BCUT2D eigenvalue weighted by Crippen LogP contribution is -2.24. The molecule has 1 aromatic carbocycles. The van der Waals surface area contributed by atoms with Gasteiger partial charge in [0.05, 0.1) is 6.10 Å². The Balaban J connectivity index is 2.03. The Morgan fingerprint density at radius 2 is 2.00 bits per heavy atom. The quantitative estimate of drug-likeness (QED) is 0.868. The summed E-state index contributed by atoms with van der Waals surface area (Å²) in [5.74, 6) is 1.79. The smallest absolute Gasteiger partial charge is 0.124 e. The Morgan fingerprint density at radius 3 is 2.58 bits per heavy atom. The first kappa shape index (κ1) is 14.7. The van der Waals surface area contributed by atoms with Crippen molar-refractivity contribution in [3.8, 4) is 5.75 Å². The molecule has 1 fully saturated rings. The molecule has 0 aromatic heterocycles. The molecule has 2 nitrogen and oxygen atoms in total. The Labute approximate surface area is 121 Å². The molecule has 1 aliphatic rings. The van der Waals surface area contributed by atoms with Crippen molar-refractivity contribution >= 4 is 11.6 Å². The van der Waals surface area contributed by atoms with E-state index in [2.05, 4.69) is 6.92 Å². The van der Waals surface area contributed by atoms with Crippen LogP contribution in [0, 0.1) is 5.92 Å². The topological polar surface area (TPSA) is 35.2 Å². The summed E-state index contributed by atoms with van der Waals surface area (Å²) in [4.78, 5) is 0. The second kappa shape index (κ2) is 6.62. The predicted octanol–water partition coefficient (Wildman–Crippen LogP) is 4.71. The van der Waals surface area contributed by atoms with Crippen molar-refractivity contribution in [2.24, 2.45) is 11.7 Å². The van der Waals surface area contributed by atoms with Crippen LogP contribution in [0.3, 0.4) is 0 Å². The van der Waals surface area contributed by atoms with Crippen LogP contribution in [0.1, 0.15) is 57.6 Å². The van der Waals surface area contributed by atoms with Crippen LogP contribution >= 0.6 is 11.6 Å². The lowest BCUT2D eigenvalue weighted by molar-refractivity contribution is 0.128. The molecule has 0 spiro atoms. The number of nitrogens with two attached hydrogens (primary N) is 1. The summed E-state index contributed by atoms with van der Waals surface area (Å²) in [6.45, 7) is 4.24. The highest BCUT2D eigenvalue weighted by atomic mass is 35.5. The van der Waals surface area contributed by atoms with E-state index in [0.717, 1.165) is 30.1 Å². The fourth-order valence-electron chi connectivity index (χ4n) is 2.82. The summed E-state index contributed by atoms with van der Waals surface area (Å²) in [6.07, 6.45) is 6.49. The fourth-order valence-corrected chi connectivity index (χ4v) is 3.00. The third-order valence-electron chi connectivity index (χ3n) is 4.13. The van der Waals surface area contributed by atoms with Crippen LogP contribution in [-0.2, 0) is 0 Å². The molecule has 19 heavy (non-hydrogen) atoms. The van der Waals surface area contributed by atoms with Gasteiger partial charge >= 0.3 is 0 Å². The molecule has 1 atom stereocenters. The molecule has 106 valence electrons. The van der Waals surface area contributed by atoms with Gasteiger partial charge in [-0.1, -0.05) is 24.9 Å². The zero-order chi connectivity index (χ0) is 13.8. The minimum absolute atomic E-state index is 0.0549. The van der Waals surface area contributed by atoms with E-state index in [0.29, 0.717) is 11.1 Å². The summed E-state index contributed by atoms with van der Waals surface area (Å²) in [7, 11) is 0. The molecule has 1 aromatic rings. The molecule has 2 rings (SSSR count). The maximum absolute atomic E-state index is 6.16. The van der Waals surface area contributed by atoms with Gasteiger partial charge in [-0.15, -0.1) is 0 Å². The standard InChI is InChI=1S/C16H24ClNO/c1-3-12-4-7-14(8-5-12)19-16-9-6-13(17)10-15(16)11(2)18/h6,9-12,14H,3-5,7-8,18H2,1-2H3/t11-,12?,14?/m1/s1. The van der Waals surface area contributed by atoms with Gasteiger partial charge in [-0.2, -0.15) is 0 Å². The first-order chi connectivity index (χ1) is 9.10. The van der Waals surface area contributed by atoms with E-state index >= 15 is 0 Å². The summed E-state index contributed by atoms with van der Waals surface area (Å²) in [6, 6.07) is 5.69. The highest BCUT2D eigenvalue weighted by molar-refractivity contribution is 6.30. The summed E-state index contributed by atoms with van der Waals surface area (Å²) in [5, 5.41) is 0.717. The van der Waals surface area contributed by atoms with Crippen LogP contribution in [0.25, 0.3) is 0 Å². The lowest BCUT2D eigenvalue weighted by Gasteiger charge is -2.29. The molecule has 0 radical (unpaired) electrons. The minimum atomic E-state index is -0.0549. The van der Waals surface area contributed by atoms with Gasteiger partial charge in [-0.05, 0) is 56.7 Å². The van der Waals surface area contributed by atoms with Crippen molar-refractivity contribution < 1.29 is 4.74 Å². The second-order valence-corrected chi connectivity index (χ2v) is 6.08. The van der Waals surface area contributed by atoms with Crippen molar-refractivity contribution in [1.29, 1.82) is 0 Å². The fraction of sp³-hybridized carbons (Fsp3) is 0.625. The van der Waals surface area contributed by atoms with Crippen molar-refractivity contribution in [2.75, 3.05) is 0 Å². The van der Waals surface area contributed by atoms with Crippen LogP contribution in [-0.4, -0.2) is 6.10 Å². The van der Waals surface area contributed by atoms with E-state index in [4.69, 9.17) is 22.1 Å². The molecule has 1 aliphatic carbocycles. The molecule has 0 heterocycles. The van der Waals surface area contributed by atoms with E-state index < -0.39 is 0 Å². The van der Waals surface area contributed by atoms with Crippen LogP contribution in [0.15, 0.2) is 18.2 Å². The van der Waals surface area contributed by atoms with Gasteiger partial charge in [0.1, 0.15) is 5.75 Å². The Bertz CT molecular complexity index is 411. The van der Waals surface area contributed by atoms with Gasteiger partial charge in [0.25, 0.3) is 0 Å². The zero-order valence-corrected chi connectivity index (χ0v) is 12.6. The highest BCUT2D eigenvalue weighted by Crippen LogP contribution is 2.33. The van der Waals surface area contributed by atoms with Crippen molar-refractivity contribution in [3.05, 3.63) is 28.8 Å². The molecule has 2 N–H and O–H groups in total.